The fourth-order valence-corrected chi connectivity index (χ4v) is 2.71. The van der Waals surface area contributed by atoms with Gasteiger partial charge in [0.25, 0.3) is 5.91 Å². The van der Waals surface area contributed by atoms with Crippen molar-refractivity contribution in [1.82, 2.24) is 15.5 Å². The summed E-state index contributed by atoms with van der Waals surface area (Å²) in [6.45, 7) is 1.31. The van der Waals surface area contributed by atoms with Crippen molar-refractivity contribution in [3.63, 3.8) is 0 Å². The van der Waals surface area contributed by atoms with Crippen LogP contribution in [0.15, 0.2) is 30.5 Å². The minimum Gasteiger partial charge on any atom is -0.497 e. The molecule has 0 spiro atoms. The van der Waals surface area contributed by atoms with E-state index in [-0.39, 0.29) is 12.0 Å². The molecule has 6 heteroatoms. The molecule has 23 heavy (non-hydrogen) atoms. The Morgan fingerprint density at radius 1 is 1.39 bits per heavy atom. The van der Waals surface area contributed by atoms with Crippen LogP contribution in [0.25, 0.3) is 11.3 Å². The number of H-pyrrole nitrogens is 1. The quantitative estimate of drug-likeness (QED) is 0.888. The molecule has 1 atom stereocenters. The molecular weight excluding hydrogens is 294 g/mol. The lowest BCUT2D eigenvalue weighted by Gasteiger charge is -2.22. The van der Waals surface area contributed by atoms with Gasteiger partial charge in [-0.25, -0.2) is 0 Å². The largest absolute Gasteiger partial charge is 0.497 e. The summed E-state index contributed by atoms with van der Waals surface area (Å²) >= 11 is 0. The van der Waals surface area contributed by atoms with Crippen molar-refractivity contribution in [2.75, 3.05) is 20.3 Å². The van der Waals surface area contributed by atoms with Crippen molar-refractivity contribution in [2.24, 2.45) is 0 Å². The number of benzene rings is 1. The Kier molecular flexibility index (Phi) is 4.92. The zero-order valence-electron chi connectivity index (χ0n) is 13.2. The number of aromatic nitrogens is 2. The SMILES string of the molecule is COc1ccc(-c2[nH]ncc2C(=O)NC[C@@H]2CCCCO2)cc1. The highest BCUT2D eigenvalue weighted by Gasteiger charge is 2.18. The summed E-state index contributed by atoms with van der Waals surface area (Å²) in [6, 6.07) is 7.50. The maximum absolute atomic E-state index is 12.4. The Labute approximate surface area is 135 Å². The van der Waals surface area contributed by atoms with Crippen LogP contribution in [-0.4, -0.2) is 42.5 Å². The summed E-state index contributed by atoms with van der Waals surface area (Å²) in [4.78, 5) is 12.4. The minimum atomic E-state index is -0.140. The second-order valence-electron chi connectivity index (χ2n) is 5.59. The Bertz CT molecular complexity index is 645. The molecule has 2 heterocycles. The highest BCUT2D eigenvalue weighted by atomic mass is 16.5. The van der Waals surface area contributed by atoms with Gasteiger partial charge in [0, 0.05) is 18.7 Å². The van der Waals surface area contributed by atoms with Gasteiger partial charge in [0.15, 0.2) is 0 Å². The fourth-order valence-electron chi connectivity index (χ4n) is 2.71. The first kappa shape index (κ1) is 15.6. The first-order valence-electron chi connectivity index (χ1n) is 7.85. The van der Waals surface area contributed by atoms with Gasteiger partial charge in [0.1, 0.15) is 5.75 Å². The van der Waals surface area contributed by atoms with E-state index in [1.807, 2.05) is 24.3 Å². The van der Waals surface area contributed by atoms with Crippen LogP contribution in [0.1, 0.15) is 29.6 Å². The molecule has 0 aliphatic carbocycles. The number of carbonyl (C=O) groups is 1. The molecule has 1 aromatic heterocycles. The van der Waals surface area contributed by atoms with Crippen LogP contribution in [-0.2, 0) is 4.74 Å². The third-order valence-corrected chi connectivity index (χ3v) is 4.03. The minimum absolute atomic E-state index is 0.115. The molecule has 0 radical (unpaired) electrons. The smallest absolute Gasteiger partial charge is 0.255 e. The second kappa shape index (κ2) is 7.28. The van der Waals surface area contributed by atoms with Crippen molar-refractivity contribution in [1.29, 1.82) is 0 Å². The maximum Gasteiger partial charge on any atom is 0.255 e. The van der Waals surface area contributed by atoms with Gasteiger partial charge in [-0.2, -0.15) is 5.10 Å². The molecule has 1 amide bonds. The average Bonchev–Trinajstić information content (AvgIpc) is 3.10. The van der Waals surface area contributed by atoms with Gasteiger partial charge < -0.3 is 14.8 Å². The number of methoxy groups -OCH3 is 1. The van der Waals surface area contributed by atoms with Gasteiger partial charge >= 0.3 is 0 Å². The molecule has 2 N–H and O–H groups in total. The van der Waals surface area contributed by atoms with E-state index in [0.717, 1.165) is 37.2 Å². The highest BCUT2D eigenvalue weighted by Crippen LogP contribution is 2.23. The van der Waals surface area contributed by atoms with Crippen molar-refractivity contribution in [2.45, 2.75) is 25.4 Å². The number of ether oxygens (including phenoxy) is 2. The van der Waals surface area contributed by atoms with Crippen LogP contribution in [0.4, 0.5) is 0 Å². The zero-order chi connectivity index (χ0) is 16.1. The molecule has 2 aromatic rings. The summed E-state index contributed by atoms with van der Waals surface area (Å²) in [7, 11) is 1.62. The van der Waals surface area contributed by atoms with Crippen LogP contribution < -0.4 is 10.1 Å². The van der Waals surface area contributed by atoms with E-state index in [4.69, 9.17) is 9.47 Å². The molecule has 3 rings (SSSR count). The third-order valence-electron chi connectivity index (χ3n) is 4.03. The summed E-state index contributed by atoms with van der Waals surface area (Å²) < 4.78 is 10.8. The van der Waals surface area contributed by atoms with Crippen LogP contribution in [0.2, 0.25) is 0 Å². The van der Waals surface area contributed by atoms with E-state index < -0.39 is 0 Å². The summed E-state index contributed by atoms with van der Waals surface area (Å²) in [6.07, 6.45) is 4.93. The molecule has 1 fully saturated rings. The number of hydrogen-bond donors (Lipinski definition) is 2. The van der Waals surface area contributed by atoms with E-state index in [1.165, 1.54) is 0 Å². The number of carbonyl (C=O) groups excluding carboxylic acids is 1. The molecule has 1 saturated heterocycles. The van der Waals surface area contributed by atoms with E-state index in [2.05, 4.69) is 15.5 Å². The maximum atomic E-state index is 12.4. The molecule has 1 aliphatic rings. The van der Waals surface area contributed by atoms with Gasteiger partial charge in [-0.1, -0.05) is 0 Å². The number of hydrogen-bond acceptors (Lipinski definition) is 4. The number of nitrogens with one attached hydrogen (secondary N) is 2. The summed E-state index contributed by atoms with van der Waals surface area (Å²) in [5, 5.41) is 9.84. The van der Waals surface area contributed by atoms with Crippen LogP contribution in [0, 0.1) is 0 Å². The fraction of sp³-hybridized carbons (Fsp3) is 0.412. The van der Waals surface area contributed by atoms with Gasteiger partial charge in [-0.15, -0.1) is 0 Å². The van der Waals surface area contributed by atoms with Crippen molar-refractivity contribution in [3.8, 4) is 17.0 Å². The van der Waals surface area contributed by atoms with Crippen molar-refractivity contribution >= 4 is 5.91 Å². The normalized spacial score (nSPS) is 17.7. The predicted molar refractivity (Wildman–Crippen MR) is 86.5 cm³/mol. The molecule has 1 aromatic carbocycles. The Morgan fingerprint density at radius 2 is 2.22 bits per heavy atom. The van der Waals surface area contributed by atoms with E-state index in [9.17, 15) is 4.79 Å². The Balaban J connectivity index is 1.67. The summed E-state index contributed by atoms with van der Waals surface area (Å²) in [5.41, 5.74) is 2.13. The number of amides is 1. The van der Waals surface area contributed by atoms with Crippen LogP contribution >= 0.6 is 0 Å². The summed E-state index contributed by atoms with van der Waals surface area (Å²) in [5.74, 6) is 0.632. The first-order valence-corrected chi connectivity index (χ1v) is 7.85. The molecule has 1 aliphatic heterocycles. The van der Waals surface area contributed by atoms with Crippen molar-refractivity contribution < 1.29 is 14.3 Å². The van der Waals surface area contributed by atoms with Gasteiger partial charge in [0.05, 0.1) is 30.7 Å². The highest BCUT2D eigenvalue weighted by molar-refractivity contribution is 5.99. The molecule has 6 nitrogen and oxygen atoms in total. The molecule has 0 saturated carbocycles. The van der Waals surface area contributed by atoms with Crippen molar-refractivity contribution in [3.05, 3.63) is 36.0 Å². The Morgan fingerprint density at radius 3 is 2.91 bits per heavy atom. The second-order valence-corrected chi connectivity index (χ2v) is 5.59. The number of rotatable bonds is 5. The Hall–Kier alpha value is -2.34. The van der Waals surface area contributed by atoms with Gasteiger partial charge in [0.2, 0.25) is 0 Å². The monoisotopic (exact) mass is 315 g/mol. The lowest BCUT2D eigenvalue weighted by molar-refractivity contribution is 0.0169. The number of nitrogens with zero attached hydrogens (tertiary/aromatic N) is 1. The predicted octanol–water partition coefficient (Wildman–Crippen LogP) is 2.38. The third kappa shape index (κ3) is 3.71. The number of aromatic amines is 1. The van der Waals surface area contributed by atoms with Crippen LogP contribution in [0.3, 0.4) is 0 Å². The molecule has 0 unspecified atom stereocenters. The molecule has 122 valence electrons. The zero-order valence-corrected chi connectivity index (χ0v) is 13.2. The van der Waals surface area contributed by atoms with E-state index in [0.29, 0.717) is 17.8 Å². The van der Waals surface area contributed by atoms with Gasteiger partial charge in [-0.05, 0) is 43.5 Å². The standard InChI is InChI=1S/C17H21N3O3/c1-22-13-7-5-12(6-8-13)16-15(11-19-20-16)17(21)18-10-14-4-2-3-9-23-14/h5-8,11,14H,2-4,9-10H2,1H3,(H,18,21)(H,19,20)/t14-/m0/s1. The topological polar surface area (TPSA) is 76.2 Å². The average molecular weight is 315 g/mol. The lowest BCUT2D eigenvalue weighted by atomic mass is 10.1. The van der Waals surface area contributed by atoms with Crippen LogP contribution in [0.5, 0.6) is 5.75 Å². The molecular formula is C17H21N3O3. The van der Waals surface area contributed by atoms with E-state index >= 15 is 0 Å². The first-order chi connectivity index (χ1) is 11.3. The molecule has 0 bridgehead atoms. The van der Waals surface area contributed by atoms with E-state index in [1.54, 1.807) is 13.3 Å². The lowest BCUT2D eigenvalue weighted by Crippen LogP contribution is -2.35. The van der Waals surface area contributed by atoms with Gasteiger partial charge in [-0.3, -0.25) is 9.89 Å².